The summed E-state index contributed by atoms with van der Waals surface area (Å²) in [5, 5.41) is 0.643. The van der Waals surface area contributed by atoms with E-state index < -0.39 is 0 Å². The van der Waals surface area contributed by atoms with E-state index in [4.69, 9.17) is 21.1 Å². The van der Waals surface area contributed by atoms with Crippen LogP contribution in [0, 0.1) is 0 Å². The maximum atomic E-state index is 6.16. The van der Waals surface area contributed by atoms with Gasteiger partial charge in [0.25, 0.3) is 0 Å². The van der Waals surface area contributed by atoms with Crippen molar-refractivity contribution >= 4 is 24.2 Å². The highest BCUT2D eigenvalue weighted by atomic mass is 35.5. The van der Waals surface area contributed by atoms with Crippen LogP contribution in [0.25, 0.3) is 0 Å². The maximum Gasteiger partial charge on any atom is 0.141 e. The molecule has 0 saturated carbocycles. The molecular formula is C13H19ClO2S. The molecule has 0 aliphatic carbocycles. The van der Waals surface area contributed by atoms with Crippen LogP contribution in [0.1, 0.15) is 25.8 Å². The Morgan fingerprint density at radius 1 is 1.12 bits per heavy atom. The molecule has 0 heterocycles. The number of aryl methyl sites for hydroxylation is 1. The van der Waals surface area contributed by atoms with Crippen LogP contribution in [0.4, 0.5) is 0 Å². The van der Waals surface area contributed by atoms with Gasteiger partial charge in [0.15, 0.2) is 0 Å². The van der Waals surface area contributed by atoms with Gasteiger partial charge in [-0.1, -0.05) is 11.6 Å². The molecule has 0 amide bonds. The fraction of sp³-hybridized carbons (Fsp3) is 0.538. The van der Waals surface area contributed by atoms with Crippen LogP contribution in [-0.2, 0) is 6.42 Å². The van der Waals surface area contributed by atoms with Gasteiger partial charge in [-0.05, 0) is 44.1 Å². The first-order valence-electron chi connectivity index (χ1n) is 5.91. The molecule has 0 unspecified atom stereocenters. The van der Waals surface area contributed by atoms with Gasteiger partial charge in [0, 0.05) is 6.07 Å². The van der Waals surface area contributed by atoms with Crippen molar-refractivity contribution in [2.45, 2.75) is 26.7 Å². The van der Waals surface area contributed by atoms with Gasteiger partial charge in [-0.25, -0.2) is 0 Å². The maximum absolute atomic E-state index is 6.16. The van der Waals surface area contributed by atoms with E-state index in [1.807, 2.05) is 26.0 Å². The van der Waals surface area contributed by atoms with Gasteiger partial charge in [0.2, 0.25) is 0 Å². The summed E-state index contributed by atoms with van der Waals surface area (Å²) in [5.74, 6) is 2.41. The summed E-state index contributed by atoms with van der Waals surface area (Å²) in [6.45, 7) is 5.14. The largest absolute Gasteiger partial charge is 0.493 e. The van der Waals surface area contributed by atoms with Crippen molar-refractivity contribution in [3.63, 3.8) is 0 Å². The smallest absolute Gasteiger partial charge is 0.141 e. The van der Waals surface area contributed by atoms with E-state index in [9.17, 15) is 0 Å². The quantitative estimate of drug-likeness (QED) is 0.758. The Labute approximate surface area is 114 Å². The Kier molecular flexibility index (Phi) is 6.60. The highest BCUT2D eigenvalue weighted by molar-refractivity contribution is 7.80. The molecule has 0 atom stereocenters. The first kappa shape index (κ1) is 14.5. The fourth-order valence-corrected chi connectivity index (χ4v) is 2.00. The first-order chi connectivity index (χ1) is 8.22. The van der Waals surface area contributed by atoms with Crippen LogP contribution in [0.5, 0.6) is 11.5 Å². The molecule has 1 rings (SSSR count). The Balaban J connectivity index is 2.97. The summed E-state index contributed by atoms with van der Waals surface area (Å²) < 4.78 is 11.1. The minimum Gasteiger partial charge on any atom is -0.493 e. The van der Waals surface area contributed by atoms with E-state index in [1.165, 1.54) is 0 Å². The summed E-state index contributed by atoms with van der Waals surface area (Å²) in [6.07, 6.45) is 1.93. The Morgan fingerprint density at radius 2 is 1.76 bits per heavy atom. The molecule has 0 saturated heterocycles. The SMILES string of the molecule is CCOc1cc(OCC)c(CCCS)cc1Cl. The van der Waals surface area contributed by atoms with E-state index in [0.717, 1.165) is 29.9 Å². The lowest BCUT2D eigenvalue weighted by Gasteiger charge is -2.13. The van der Waals surface area contributed by atoms with Crippen LogP contribution in [-0.4, -0.2) is 19.0 Å². The fourth-order valence-electron chi connectivity index (χ4n) is 1.60. The third-order valence-electron chi connectivity index (χ3n) is 2.32. The summed E-state index contributed by atoms with van der Waals surface area (Å²) >= 11 is 10.4. The molecule has 1 aromatic rings. The zero-order chi connectivity index (χ0) is 12.7. The number of halogens is 1. The van der Waals surface area contributed by atoms with E-state index >= 15 is 0 Å². The van der Waals surface area contributed by atoms with E-state index in [2.05, 4.69) is 12.6 Å². The summed E-state index contributed by atoms with van der Waals surface area (Å²) in [6, 6.07) is 3.81. The van der Waals surface area contributed by atoms with Crippen LogP contribution in [0.3, 0.4) is 0 Å². The molecule has 0 aliphatic rings. The molecule has 1 aromatic carbocycles. The van der Waals surface area contributed by atoms with Crippen molar-refractivity contribution in [2.24, 2.45) is 0 Å². The lowest BCUT2D eigenvalue weighted by atomic mass is 10.1. The zero-order valence-electron chi connectivity index (χ0n) is 10.3. The third-order valence-corrected chi connectivity index (χ3v) is 2.93. The predicted molar refractivity (Wildman–Crippen MR) is 76.0 cm³/mol. The van der Waals surface area contributed by atoms with Crippen molar-refractivity contribution in [2.75, 3.05) is 19.0 Å². The van der Waals surface area contributed by atoms with Gasteiger partial charge >= 0.3 is 0 Å². The minimum absolute atomic E-state index is 0.598. The van der Waals surface area contributed by atoms with Crippen molar-refractivity contribution in [3.05, 3.63) is 22.7 Å². The number of rotatable bonds is 7. The van der Waals surface area contributed by atoms with Crippen molar-refractivity contribution < 1.29 is 9.47 Å². The number of ether oxygens (including phenoxy) is 2. The molecule has 0 fully saturated rings. The van der Waals surface area contributed by atoms with Gasteiger partial charge < -0.3 is 9.47 Å². The van der Waals surface area contributed by atoms with Gasteiger partial charge in [0.1, 0.15) is 11.5 Å². The molecule has 0 aromatic heterocycles. The molecule has 4 heteroatoms. The zero-order valence-corrected chi connectivity index (χ0v) is 12.0. The van der Waals surface area contributed by atoms with Crippen molar-refractivity contribution in [1.82, 2.24) is 0 Å². The Hall–Kier alpha value is -0.540. The van der Waals surface area contributed by atoms with Crippen LogP contribution in [0.15, 0.2) is 12.1 Å². The molecular weight excluding hydrogens is 256 g/mol. The summed E-state index contributed by atoms with van der Waals surface area (Å²) in [5.41, 5.74) is 1.12. The average Bonchev–Trinajstić information content (AvgIpc) is 2.32. The topological polar surface area (TPSA) is 18.5 Å². The van der Waals surface area contributed by atoms with Crippen molar-refractivity contribution in [1.29, 1.82) is 0 Å². The molecule has 17 heavy (non-hydrogen) atoms. The minimum atomic E-state index is 0.598. The lowest BCUT2D eigenvalue weighted by Crippen LogP contribution is -2.00. The third kappa shape index (κ3) is 4.32. The average molecular weight is 275 g/mol. The van der Waals surface area contributed by atoms with E-state index in [-0.39, 0.29) is 0 Å². The number of hydrogen-bond donors (Lipinski definition) is 1. The molecule has 2 nitrogen and oxygen atoms in total. The molecule has 96 valence electrons. The molecule has 0 radical (unpaired) electrons. The number of thiol groups is 1. The highest BCUT2D eigenvalue weighted by Crippen LogP contribution is 2.33. The molecule has 0 N–H and O–H groups in total. The second kappa shape index (κ2) is 7.72. The van der Waals surface area contributed by atoms with Gasteiger partial charge in [-0.15, -0.1) is 0 Å². The summed E-state index contributed by atoms with van der Waals surface area (Å²) in [7, 11) is 0. The standard InChI is InChI=1S/C13H19ClO2S/c1-3-15-12-9-13(16-4-2)11(14)8-10(12)6-5-7-17/h8-9,17H,3-7H2,1-2H3. The Morgan fingerprint density at radius 3 is 2.35 bits per heavy atom. The van der Waals surface area contributed by atoms with Gasteiger partial charge in [0.05, 0.1) is 18.2 Å². The van der Waals surface area contributed by atoms with Gasteiger partial charge in [-0.3, -0.25) is 0 Å². The molecule has 0 aliphatic heterocycles. The molecule has 0 bridgehead atoms. The van der Waals surface area contributed by atoms with Crippen LogP contribution < -0.4 is 9.47 Å². The number of benzene rings is 1. The second-order valence-electron chi connectivity index (χ2n) is 3.58. The van der Waals surface area contributed by atoms with Crippen LogP contribution in [0.2, 0.25) is 5.02 Å². The lowest BCUT2D eigenvalue weighted by molar-refractivity contribution is 0.321. The first-order valence-corrected chi connectivity index (χ1v) is 6.92. The predicted octanol–water partition coefficient (Wildman–Crippen LogP) is 4.00. The normalized spacial score (nSPS) is 10.4. The summed E-state index contributed by atoms with van der Waals surface area (Å²) in [4.78, 5) is 0. The Bertz CT molecular complexity index is 356. The monoisotopic (exact) mass is 274 g/mol. The second-order valence-corrected chi connectivity index (χ2v) is 4.44. The van der Waals surface area contributed by atoms with E-state index in [1.54, 1.807) is 0 Å². The van der Waals surface area contributed by atoms with Crippen LogP contribution >= 0.6 is 24.2 Å². The number of hydrogen-bond acceptors (Lipinski definition) is 3. The van der Waals surface area contributed by atoms with Gasteiger partial charge in [-0.2, -0.15) is 12.6 Å². The van der Waals surface area contributed by atoms with E-state index in [0.29, 0.717) is 24.0 Å². The molecule has 0 spiro atoms. The van der Waals surface area contributed by atoms with Crippen molar-refractivity contribution in [3.8, 4) is 11.5 Å². The highest BCUT2D eigenvalue weighted by Gasteiger charge is 2.10.